The number of carbonyl (C=O) groups excluding carboxylic acids is 1. The minimum atomic E-state index is -0.827. The molecule has 0 amide bonds. The standard InChI is InChI=1S/C25H49NO5/c1-2-3-4-5-6-7-8-9-10-11-12-13-14-15-16-17-25(30)31-23-18-24(29)26(19-21-27)20-22-28/h9-10,24,27-29H,2-8,11-23H2,1H3. The second-order valence-corrected chi connectivity index (χ2v) is 8.31. The quantitative estimate of drug-likeness (QED) is 0.0928. The van der Waals surface area contributed by atoms with Crippen molar-refractivity contribution < 1.29 is 24.9 Å². The van der Waals surface area contributed by atoms with Gasteiger partial charge in [-0.3, -0.25) is 9.69 Å². The van der Waals surface area contributed by atoms with Gasteiger partial charge in [-0.15, -0.1) is 0 Å². The fourth-order valence-electron chi connectivity index (χ4n) is 3.54. The van der Waals surface area contributed by atoms with E-state index in [0.717, 1.165) is 25.7 Å². The molecule has 0 aliphatic heterocycles. The Bertz CT molecular complexity index is 411. The maximum atomic E-state index is 11.8. The first-order chi connectivity index (χ1) is 15.2. The van der Waals surface area contributed by atoms with E-state index < -0.39 is 6.23 Å². The van der Waals surface area contributed by atoms with Crippen LogP contribution in [0.3, 0.4) is 0 Å². The molecule has 1 atom stereocenters. The zero-order valence-electron chi connectivity index (χ0n) is 20.0. The fourth-order valence-corrected chi connectivity index (χ4v) is 3.54. The summed E-state index contributed by atoms with van der Waals surface area (Å²) in [6.45, 7) is 2.79. The number of carbonyl (C=O) groups is 1. The summed E-state index contributed by atoms with van der Waals surface area (Å²) < 4.78 is 5.18. The SMILES string of the molecule is CCCCCCCCC=CCCCCCCCC(=O)OCCC(O)N(CCO)CCO. The van der Waals surface area contributed by atoms with Crippen LogP contribution in [0.5, 0.6) is 0 Å². The van der Waals surface area contributed by atoms with Crippen molar-refractivity contribution in [2.45, 2.75) is 109 Å². The first-order valence-corrected chi connectivity index (χ1v) is 12.6. The van der Waals surface area contributed by atoms with Crippen molar-refractivity contribution in [2.75, 3.05) is 32.9 Å². The van der Waals surface area contributed by atoms with Crippen LogP contribution in [0, 0.1) is 0 Å². The number of nitrogens with zero attached hydrogens (tertiary/aromatic N) is 1. The molecule has 0 rings (SSSR count). The van der Waals surface area contributed by atoms with Gasteiger partial charge in [0, 0.05) is 25.9 Å². The van der Waals surface area contributed by atoms with Crippen LogP contribution < -0.4 is 0 Å². The molecule has 184 valence electrons. The van der Waals surface area contributed by atoms with E-state index in [-0.39, 0.29) is 45.3 Å². The van der Waals surface area contributed by atoms with Crippen molar-refractivity contribution in [1.82, 2.24) is 4.90 Å². The lowest BCUT2D eigenvalue weighted by Gasteiger charge is -2.26. The van der Waals surface area contributed by atoms with Crippen LogP contribution in [-0.4, -0.2) is 65.3 Å². The Balaban J connectivity index is 3.47. The zero-order valence-corrected chi connectivity index (χ0v) is 20.0. The van der Waals surface area contributed by atoms with Crippen molar-refractivity contribution in [2.24, 2.45) is 0 Å². The maximum Gasteiger partial charge on any atom is 0.305 e. The van der Waals surface area contributed by atoms with Crippen LogP contribution in [0.25, 0.3) is 0 Å². The Labute approximate surface area is 190 Å². The average molecular weight is 444 g/mol. The normalized spacial score (nSPS) is 12.7. The summed E-state index contributed by atoms with van der Waals surface area (Å²) in [7, 11) is 0. The van der Waals surface area contributed by atoms with Crippen LogP contribution in [0.15, 0.2) is 12.2 Å². The molecule has 0 heterocycles. The highest BCUT2D eigenvalue weighted by Gasteiger charge is 2.15. The van der Waals surface area contributed by atoms with Gasteiger partial charge in [0.15, 0.2) is 0 Å². The predicted molar refractivity (Wildman–Crippen MR) is 127 cm³/mol. The van der Waals surface area contributed by atoms with Gasteiger partial charge >= 0.3 is 5.97 Å². The summed E-state index contributed by atoms with van der Waals surface area (Å²) in [4.78, 5) is 13.3. The van der Waals surface area contributed by atoms with Crippen LogP contribution >= 0.6 is 0 Å². The minimum Gasteiger partial charge on any atom is -0.466 e. The van der Waals surface area contributed by atoms with E-state index >= 15 is 0 Å². The lowest BCUT2D eigenvalue weighted by atomic mass is 10.1. The highest BCUT2D eigenvalue weighted by Crippen LogP contribution is 2.10. The van der Waals surface area contributed by atoms with Gasteiger partial charge in [0.05, 0.1) is 19.8 Å². The number of aliphatic hydroxyl groups excluding tert-OH is 3. The van der Waals surface area contributed by atoms with Gasteiger partial charge in [0.2, 0.25) is 0 Å². The number of allylic oxidation sites excluding steroid dienone is 2. The number of rotatable bonds is 23. The van der Waals surface area contributed by atoms with Crippen molar-refractivity contribution in [3.63, 3.8) is 0 Å². The molecule has 3 N–H and O–H groups in total. The average Bonchev–Trinajstić information content (AvgIpc) is 2.76. The van der Waals surface area contributed by atoms with Gasteiger partial charge in [0.25, 0.3) is 0 Å². The Morgan fingerprint density at radius 2 is 1.35 bits per heavy atom. The first kappa shape index (κ1) is 30.0. The number of hydrogen-bond donors (Lipinski definition) is 3. The molecule has 6 heteroatoms. The van der Waals surface area contributed by atoms with E-state index in [1.165, 1.54) is 57.8 Å². The van der Waals surface area contributed by atoms with Gasteiger partial charge in [-0.1, -0.05) is 70.4 Å². The lowest BCUT2D eigenvalue weighted by Crippen LogP contribution is -2.40. The maximum absolute atomic E-state index is 11.8. The predicted octanol–water partition coefficient (Wildman–Crippen LogP) is 4.56. The number of aliphatic hydroxyl groups is 3. The van der Waals surface area contributed by atoms with Crippen molar-refractivity contribution >= 4 is 5.97 Å². The summed E-state index contributed by atoms with van der Waals surface area (Å²) in [5.41, 5.74) is 0. The van der Waals surface area contributed by atoms with Crippen molar-refractivity contribution in [3.8, 4) is 0 Å². The second kappa shape index (κ2) is 23.7. The van der Waals surface area contributed by atoms with E-state index in [0.29, 0.717) is 6.42 Å². The molecule has 0 aromatic rings. The summed E-state index contributed by atoms with van der Waals surface area (Å²) in [6, 6.07) is 0. The number of hydrogen-bond acceptors (Lipinski definition) is 6. The van der Waals surface area contributed by atoms with Crippen LogP contribution in [-0.2, 0) is 9.53 Å². The number of unbranched alkanes of at least 4 members (excludes halogenated alkanes) is 11. The molecule has 0 aromatic carbocycles. The number of esters is 1. The third-order valence-electron chi connectivity index (χ3n) is 5.48. The first-order valence-electron chi connectivity index (χ1n) is 12.6. The molecular weight excluding hydrogens is 394 g/mol. The molecular formula is C25H49NO5. The third kappa shape index (κ3) is 20.7. The minimum absolute atomic E-state index is 0.0909. The highest BCUT2D eigenvalue weighted by molar-refractivity contribution is 5.69. The van der Waals surface area contributed by atoms with Crippen LogP contribution in [0.2, 0.25) is 0 Å². The Hall–Kier alpha value is -0.950. The molecule has 0 aromatic heterocycles. The zero-order chi connectivity index (χ0) is 23.0. The molecule has 0 saturated carbocycles. The summed E-state index contributed by atoms with van der Waals surface area (Å²) in [6.07, 6.45) is 20.5. The fraction of sp³-hybridized carbons (Fsp3) is 0.880. The molecule has 0 spiro atoms. The largest absolute Gasteiger partial charge is 0.466 e. The third-order valence-corrected chi connectivity index (χ3v) is 5.48. The van der Waals surface area contributed by atoms with Crippen LogP contribution in [0.1, 0.15) is 103 Å². The Kier molecular flexibility index (Phi) is 23.0. The van der Waals surface area contributed by atoms with E-state index in [4.69, 9.17) is 14.9 Å². The lowest BCUT2D eigenvalue weighted by molar-refractivity contribution is -0.145. The van der Waals surface area contributed by atoms with Crippen molar-refractivity contribution in [3.05, 3.63) is 12.2 Å². The monoisotopic (exact) mass is 443 g/mol. The van der Waals surface area contributed by atoms with E-state index in [2.05, 4.69) is 19.1 Å². The molecule has 6 nitrogen and oxygen atoms in total. The van der Waals surface area contributed by atoms with E-state index in [1.54, 1.807) is 4.90 Å². The highest BCUT2D eigenvalue weighted by atomic mass is 16.5. The molecule has 1 unspecified atom stereocenters. The molecule has 0 radical (unpaired) electrons. The molecule has 0 fully saturated rings. The van der Waals surface area contributed by atoms with Gasteiger partial charge in [0.1, 0.15) is 6.23 Å². The summed E-state index contributed by atoms with van der Waals surface area (Å²) in [5.74, 6) is -0.222. The van der Waals surface area contributed by atoms with Gasteiger partial charge in [-0.2, -0.15) is 0 Å². The van der Waals surface area contributed by atoms with Gasteiger partial charge in [-0.25, -0.2) is 0 Å². The molecule has 0 saturated heterocycles. The molecule has 0 bridgehead atoms. The second-order valence-electron chi connectivity index (χ2n) is 8.31. The molecule has 0 aliphatic carbocycles. The van der Waals surface area contributed by atoms with Crippen LogP contribution in [0.4, 0.5) is 0 Å². The molecule has 31 heavy (non-hydrogen) atoms. The van der Waals surface area contributed by atoms with E-state index in [1.807, 2.05) is 0 Å². The molecule has 0 aliphatic rings. The van der Waals surface area contributed by atoms with Gasteiger partial charge < -0.3 is 20.1 Å². The summed E-state index contributed by atoms with van der Waals surface area (Å²) in [5, 5.41) is 27.9. The number of ether oxygens (including phenoxy) is 1. The Morgan fingerprint density at radius 1 is 0.839 bits per heavy atom. The van der Waals surface area contributed by atoms with Gasteiger partial charge in [-0.05, 0) is 32.1 Å². The van der Waals surface area contributed by atoms with E-state index in [9.17, 15) is 9.90 Å². The van der Waals surface area contributed by atoms with Crippen molar-refractivity contribution in [1.29, 1.82) is 0 Å². The smallest absolute Gasteiger partial charge is 0.305 e. The topological polar surface area (TPSA) is 90.2 Å². The Morgan fingerprint density at radius 3 is 1.90 bits per heavy atom. The summed E-state index contributed by atoms with van der Waals surface area (Å²) >= 11 is 0.